The van der Waals surface area contributed by atoms with Crippen LogP contribution in [0.15, 0.2) is 0 Å². The first kappa shape index (κ1) is 95.3. The molecule has 7 heteroatoms. The summed E-state index contributed by atoms with van der Waals surface area (Å²) in [4.78, 5) is 0. The lowest BCUT2D eigenvalue weighted by atomic mass is 16.0. The maximum Gasteiger partial charge on any atom is -0.114 e. The Morgan fingerprint density at radius 3 is 0.286 bits per heavy atom. The number of halogens is 6. The summed E-state index contributed by atoms with van der Waals surface area (Å²) >= 11 is 0. The van der Waals surface area contributed by atoms with Gasteiger partial charge in [-0.25, -0.2) is 0 Å². The molecule has 1 nitrogen and oxygen atoms in total. The third kappa shape index (κ3) is 51.3. The molecule has 0 spiro atoms. The minimum Gasteiger partial charge on any atom is -0.412 e. The Bertz CT molecular complexity index is 4.14. The highest BCUT2D eigenvalue weighted by Gasteiger charge is -0.109. The van der Waals surface area contributed by atoms with Crippen LogP contribution in [0.25, 0.3) is 0 Å². The Kier molecular flexibility index (Phi) is 918. The average molecular weight is 503 g/mol. The molecule has 0 bridgehead atoms. The van der Waals surface area contributed by atoms with Crippen molar-refractivity contribution in [1.29, 1.82) is 0 Å². The molecular formula is H8Br6O. The first-order chi connectivity index (χ1) is 0. The summed E-state index contributed by atoms with van der Waals surface area (Å²) in [6.07, 6.45) is 0. The van der Waals surface area contributed by atoms with E-state index in [1.807, 2.05) is 0 Å². The molecule has 0 aromatic heterocycles. The second kappa shape index (κ2) is 67.4. The summed E-state index contributed by atoms with van der Waals surface area (Å²) in [7, 11) is 0. The zero-order valence-electron chi connectivity index (χ0n) is 2.95. The highest BCUT2D eigenvalue weighted by molar-refractivity contribution is 8.93. The van der Waals surface area contributed by atoms with Crippen LogP contribution in [-0.4, -0.2) is 5.48 Å². The molecule has 7 heavy (non-hydrogen) atoms. The molecule has 0 radical (unpaired) electrons. The third-order valence-electron chi connectivity index (χ3n) is 0. The fraction of sp³-hybridized carbons (Fsp3) is 0. The molecular weight excluding hydrogens is 495 g/mol. The summed E-state index contributed by atoms with van der Waals surface area (Å²) in [5, 5.41) is 0. The lowest BCUT2D eigenvalue weighted by Crippen LogP contribution is -0.289. The van der Waals surface area contributed by atoms with E-state index >= 15 is 0 Å². The molecule has 0 aliphatic carbocycles. The Morgan fingerprint density at radius 1 is 0.286 bits per heavy atom. The molecule has 0 saturated carbocycles. The molecule has 56 valence electrons. The first-order valence-corrected chi connectivity index (χ1v) is 0. The van der Waals surface area contributed by atoms with Gasteiger partial charge in [0.15, 0.2) is 0 Å². The van der Waals surface area contributed by atoms with Gasteiger partial charge in [0.05, 0.1) is 0 Å². The molecule has 0 unspecified atom stereocenters. The van der Waals surface area contributed by atoms with Crippen molar-refractivity contribution in [2.45, 2.75) is 0 Å². The van der Waals surface area contributed by atoms with Gasteiger partial charge >= 0.3 is 0 Å². The Morgan fingerprint density at radius 2 is 0.286 bits per heavy atom. The van der Waals surface area contributed by atoms with Crippen LogP contribution < -0.4 is 0 Å². The van der Waals surface area contributed by atoms with Crippen molar-refractivity contribution >= 4 is 102 Å². The Hall–Kier alpha value is 2.84. The van der Waals surface area contributed by atoms with Crippen LogP contribution in [0.5, 0.6) is 0 Å². The summed E-state index contributed by atoms with van der Waals surface area (Å²) in [5.41, 5.74) is 0. The van der Waals surface area contributed by atoms with Crippen molar-refractivity contribution in [1.82, 2.24) is 0 Å². The second-order valence-corrected chi connectivity index (χ2v) is 0. The van der Waals surface area contributed by atoms with Gasteiger partial charge in [0.2, 0.25) is 0 Å². The largest absolute Gasteiger partial charge is 0.412 e. The molecule has 0 fully saturated rings. The van der Waals surface area contributed by atoms with Crippen molar-refractivity contribution < 1.29 is 5.48 Å². The monoisotopic (exact) mass is 498 g/mol. The molecule has 0 saturated heterocycles. The van der Waals surface area contributed by atoms with Gasteiger partial charge in [-0.15, -0.1) is 102 Å². The molecule has 0 aliphatic rings. The van der Waals surface area contributed by atoms with E-state index < -0.39 is 0 Å². The van der Waals surface area contributed by atoms with E-state index in [-0.39, 0.29) is 107 Å². The van der Waals surface area contributed by atoms with Gasteiger partial charge in [-0.2, -0.15) is 0 Å². The molecule has 0 atom stereocenters. The van der Waals surface area contributed by atoms with Gasteiger partial charge in [0.25, 0.3) is 0 Å². The highest BCUT2D eigenvalue weighted by Crippen LogP contribution is 0.851. The van der Waals surface area contributed by atoms with Crippen LogP contribution >= 0.6 is 102 Å². The molecule has 0 heterocycles. The number of hydrogen-bond donors (Lipinski definition) is 0. The molecule has 0 aromatic rings. The average Bonchev–Trinajstić information content (AvgIpc) is 0. The van der Waals surface area contributed by atoms with Crippen LogP contribution in [0.1, 0.15) is 0 Å². The zero-order valence-corrected chi connectivity index (χ0v) is 13.2. The maximum absolute atomic E-state index is 0. The van der Waals surface area contributed by atoms with Gasteiger partial charge < -0.3 is 5.48 Å². The minimum atomic E-state index is 0. The normalized spacial score (nSPS) is 0. The van der Waals surface area contributed by atoms with E-state index in [2.05, 4.69) is 0 Å². The van der Waals surface area contributed by atoms with Crippen LogP contribution in [0.2, 0.25) is 0 Å². The minimum absolute atomic E-state index is 0. The lowest BCUT2D eigenvalue weighted by Gasteiger charge is -0.412. The van der Waals surface area contributed by atoms with E-state index in [4.69, 9.17) is 0 Å². The van der Waals surface area contributed by atoms with Gasteiger partial charge in [-0.05, 0) is 0 Å². The highest BCUT2D eigenvalue weighted by atomic mass is 79.9. The van der Waals surface area contributed by atoms with Crippen molar-refractivity contribution in [3.05, 3.63) is 0 Å². The van der Waals surface area contributed by atoms with Crippen molar-refractivity contribution in [3.8, 4) is 0 Å². The maximum atomic E-state index is 0. The van der Waals surface area contributed by atoms with Crippen LogP contribution in [0.4, 0.5) is 0 Å². The molecule has 0 rings (SSSR count). The smallest absolute Gasteiger partial charge is 0.114 e. The van der Waals surface area contributed by atoms with Gasteiger partial charge in [-0.3, -0.25) is 0 Å². The molecule has 0 aliphatic heterocycles. The summed E-state index contributed by atoms with van der Waals surface area (Å²) < 4.78 is 0. The third-order valence-corrected chi connectivity index (χ3v) is 0. The summed E-state index contributed by atoms with van der Waals surface area (Å²) in [6, 6.07) is 0. The topological polar surface area (TPSA) is 31.5 Å². The molecule has 0 aromatic carbocycles. The zero-order chi connectivity index (χ0) is 0. The molecule has 0 amide bonds. The van der Waals surface area contributed by atoms with Gasteiger partial charge in [-0.1, -0.05) is 0 Å². The van der Waals surface area contributed by atoms with Crippen molar-refractivity contribution in [2.24, 2.45) is 0 Å². The van der Waals surface area contributed by atoms with Crippen LogP contribution in [-0.2, 0) is 0 Å². The Balaban J connectivity index is 0. The second-order valence-electron chi connectivity index (χ2n) is 0. The first-order valence-electron chi connectivity index (χ1n) is 0. The quantitative estimate of drug-likeness (QED) is 0.487. The van der Waals surface area contributed by atoms with E-state index in [1.54, 1.807) is 0 Å². The van der Waals surface area contributed by atoms with Crippen LogP contribution in [0, 0.1) is 0 Å². The summed E-state index contributed by atoms with van der Waals surface area (Å²) in [5.74, 6) is 0. The van der Waals surface area contributed by atoms with Crippen LogP contribution in [0.3, 0.4) is 0 Å². The van der Waals surface area contributed by atoms with E-state index in [9.17, 15) is 0 Å². The fourth-order valence-electron chi connectivity index (χ4n) is 0. The van der Waals surface area contributed by atoms with E-state index in [0.717, 1.165) is 0 Å². The van der Waals surface area contributed by atoms with Crippen molar-refractivity contribution in [3.63, 3.8) is 0 Å². The van der Waals surface area contributed by atoms with Crippen molar-refractivity contribution in [2.75, 3.05) is 0 Å². The number of rotatable bonds is 0. The van der Waals surface area contributed by atoms with Gasteiger partial charge in [0.1, 0.15) is 0 Å². The van der Waals surface area contributed by atoms with E-state index in [0.29, 0.717) is 0 Å². The van der Waals surface area contributed by atoms with E-state index in [1.165, 1.54) is 0 Å². The predicted molar refractivity (Wildman–Crippen MR) is 65.5 cm³/mol. The SMILES string of the molecule is Br.Br.Br.Br.Br.Br.O. The fourth-order valence-corrected chi connectivity index (χ4v) is 0. The number of hydrogen-bond acceptors (Lipinski definition) is 0. The lowest BCUT2D eigenvalue weighted by molar-refractivity contribution is 0.824. The standard InChI is InChI=1S/6BrH.H2O/h6*1H;1H2. The predicted octanol–water partition coefficient (Wildman–Crippen LogP) is 2.64. The summed E-state index contributed by atoms with van der Waals surface area (Å²) in [6.45, 7) is 0. The Labute approximate surface area is 106 Å². The van der Waals surface area contributed by atoms with Gasteiger partial charge in [0, 0.05) is 0 Å². The molecule has 2 N–H and O–H groups in total.